The Labute approximate surface area is 160 Å². The Morgan fingerprint density at radius 2 is 2.18 bits per heavy atom. The van der Waals surface area contributed by atoms with Gasteiger partial charge in [0, 0.05) is 32.0 Å². The summed E-state index contributed by atoms with van der Waals surface area (Å²) in [7, 11) is 0. The van der Waals surface area contributed by atoms with Crippen LogP contribution in [-0.4, -0.2) is 55.4 Å². The molecule has 4 heterocycles. The van der Waals surface area contributed by atoms with E-state index in [2.05, 4.69) is 30.9 Å². The molecule has 0 saturated carbocycles. The summed E-state index contributed by atoms with van der Waals surface area (Å²) in [5, 5.41) is 23.6. The van der Waals surface area contributed by atoms with Crippen LogP contribution >= 0.6 is 0 Å². The molecule has 0 spiro atoms. The number of hydrogen-bond acceptors (Lipinski definition) is 8. The van der Waals surface area contributed by atoms with Crippen molar-refractivity contribution in [2.24, 2.45) is 0 Å². The van der Waals surface area contributed by atoms with Gasteiger partial charge in [-0.2, -0.15) is 10.1 Å². The van der Waals surface area contributed by atoms with Gasteiger partial charge >= 0.3 is 6.09 Å². The first kappa shape index (κ1) is 18.2. The summed E-state index contributed by atoms with van der Waals surface area (Å²) in [6.45, 7) is 4.10. The highest BCUT2D eigenvalue weighted by Gasteiger charge is 2.22. The fourth-order valence-corrected chi connectivity index (χ4v) is 3.21. The standard InChI is InChI=1S/C17H21N7O4/c1-2-24-15-11(8-20-24)14(21-10-3-5-27-6-4-10)12(7-18-15)16-22-13(23-28-16)9-19-17(25)26/h7-8,10,19H,2-6,9H2,1H3,(H,18,21)(H,25,26). The Morgan fingerprint density at radius 3 is 2.93 bits per heavy atom. The minimum Gasteiger partial charge on any atom is -0.465 e. The number of anilines is 1. The van der Waals surface area contributed by atoms with Crippen LogP contribution in [0.1, 0.15) is 25.6 Å². The second-order valence-electron chi connectivity index (χ2n) is 6.45. The van der Waals surface area contributed by atoms with Crippen molar-refractivity contribution in [3.8, 4) is 11.5 Å². The van der Waals surface area contributed by atoms with E-state index < -0.39 is 6.09 Å². The minimum atomic E-state index is -1.15. The van der Waals surface area contributed by atoms with Crippen LogP contribution in [0.3, 0.4) is 0 Å². The van der Waals surface area contributed by atoms with Gasteiger partial charge in [-0.15, -0.1) is 0 Å². The monoisotopic (exact) mass is 387 g/mol. The molecule has 0 atom stereocenters. The summed E-state index contributed by atoms with van der Waals surface area (Å²) >= 11 is 0. The minimum absolute atomic E-state index is 0.0367. The van der Waals surface area contributed by atoms with Crippen LogP contribution in [0, 0.1) is 0 Å². The van der Waals surface area contributed by atoms with Gasteiger partial charge in [-0.05, 0) is 19.8 Å². The van der Waals surface area contributed by atoms with Gasteiger partial charge in [0.25, 0.3) is 5.89 Å². The summed E-state index contributed by atoms with van der Waals surface area (Å²) in [4.78, 5) is 19.5. The molecule has 1 amide bonds. The van der Waals surface area contributed by atoms with E-state index in [0.717, 1.165) is 29.6 Å². The predicted octanol–water partition coefficient (Wildman–Crippen LogP) is 1.86. The second kappa shape index (κ2) is 7.80. The van der Waals surface area contributed by atoms with Crippen LogP contribution in [0.15, 0.2) is 16.9 Å². The molecule has 1 aliphatic rings. The highest BCUT2D eigenvalue weighted by Crippen LogP contribution is 2.34. The van der Waals surface area contributed by atoms with Crippen LogP contribution in [0.2, 0.25) is 0 Å². The number of carbonyl (C=O) groups is 1. The van der Waals surface area contributed by atoms with Crippen molar-refractivity contribution >= 4 is 22.8 Å². The van der Waals surface area contributed by atoms with Crippen LogP contribution in [0.4, 0.5) is 10.5 Å². The lowest BCUT2D eigenvalue weighted by Crippen LogP contribution is -2.28. The number of hydrogen-bond donors (Lipinski definition) is 3. The lowest BCUT2D eigenvalue weighted by Gasteiger charge is -2.25. The van der Waals surface area contributed by atoms with Gasteiger partial charge in [-0.3, -0.25) is 0 Å². The van der Waals surface area contributed by atoms with Crippen molar-refractivity contribution in [3.63, 3.8) is 0 Å². The molecule has 148 valence electrons. The van der Waals surface area contributed by atoms with E-state index in [1.807, 2.05) is 11.6 Å². The highest BCUT2D eigenvalue weighted by atomic mass is 16.5. The highest BCUT2D eigenvalue weighted by molar-refractivity contribution is 5.96. The van der Waals surface area contributed by atoms with E-state index in [0.29, 0.717) is 25.3 Å². The fraction of sp³-hybridized carbons (Fsp3) is 0.471. The van der Waals surface area contributed by atoms with Gasteiger partial charge in [0.2, 0.25) is 0 Å². The van der Waals surface area contributed by atoms with Crippen molar-refractivity contribution in [1.29, 1.82) is 0 Å². The maximum absolute atomic E-state index is 10.7. The van der Waals surface area contributed by atoms with E-state index in [1.165, 1.54) is 0 Å². The molecule has 1 saturated heterocycles. The Morgan fingerprint density at radius 1 is 1.36 bits per heavy atom. The first-order valence-electron chi connectivity index (χ1n) is 9.14. The summed E-state index contributed by atoms with van der Waals surface area (Å²) in [6, 6.07) is 0.249. The summed E-state index contributed by atoms with van der Waals surface area (Å²) in [5.74, 6) is 0.522. The number of ether oxygens (including phenoxy) is 1. The molecule has 3 aromatic heterocycles. The quantitative estimate of drug-likeness (QED) is 0.578. The van der Waals surface area contributed by atoms with Crippen LogP contribution in [-0.2, 0) is 17.8 Å². The zero-order valence-corrected chi connectivity index (χ0v) is 15.4. The van der Waals surface area contributed by atoms with E-state index >= 15 is 0 Å². The lowest BCUT2D eigenvalue weighted by atomic mass is 10.1. The van der Waals surface area contributed by atoms with Gasteiger partial charge in [0.05, 0.1) is 29.4 Å². The Hall–Kier alpha value is -3.21. The van der Waals surface area contributed by atoms with Gasteiger partial charge in [0.15, 0.2) is 11.5 Å². The van der Waals surface area contributed by atoms with Crippen molar-refractivity contribution in [2.45, 2.75) is 38.9 Å². The van der Waals surface area contributed by atoms with Crippen LogP contribution < -0.4 is 10.6 Å². The van der Waals surface area contributed by atoms with E-state index in [9.17, 15) is 4.79 Å². The molecule has 3 aromatic rings. The number of pyridine rings is 1. The summed E-state index contributed by atoms with van der Waals surface area (Å²) < 4.78 is 12.6. The molecule has 1 fully saturated rings. The Balaban J connectivity index is 1.72. The fourth-order valence-electron chi connectivity index (χ4n) is 3.21. The number of fused-ring (bicyclic) bond motifs is 1. The molecule has 4 rings (SSSR count). The molecule has 0 aliphatic carbocycles. The number of rotatable bonds is 6. The first-order valence-corrected chi connectivity index (χ1v) is 9.14. The molecule has 3 N–H and O–H groups in total. The van der Waals surface area contributed by atoms with Crippen LogP contribution in [0.5, 0.6) is 0 Å². The Kier molecular flexibility index (Phi) is 5.06. The number of amides is 1. The molecule has 0 unspecified atom stereocenters. The number of aromatic nitrogens is 5. The number of nitrogens with one attached hydrogen (secondary N) is 2. The van der Waals surface area contributed by atoms with Crippen molar-refractivity contribution in [1.82, 2.24) is 30.2 Å². The van der Waals surface area contributed by atoms with E-state index in [4.69, 9.17) is 14.4 Å². The second-order valence-corrected chi connectivity index (χ2v) is 6.45. The molecule has 1 aliphatic heterocycles. The number of carboxylic acid groups (broad SMARTS) is 1. The predicted molar refractivity (Wildman–Crippen MR) is 98.8 cm³/mol. The normalized spacial score (nSPS) is 15.0. The average Bonchev–Trinajstić information content (AvgIpc) is 3.34. The van der Waals surface area contributed by atoms with Gasteiger partial charge in [-0.25, -0.2) is 14.5 Å². The third-order valence-corrected chi connectivity index (χ3v) is 4.63. The zero-order chi connectivity index (χ0) is 19.5. The molecular formula is C17H21N7O4. The SMILES string of the molecule is CCn1ncc2c(NC3CCOCC3)c(-c3nc(CNC(=O)O)no3)cnc21. The largest absolute Gasteiger partial charge is 0.465 e. The molecule has 0 radical (unpaired) electrons. The van der Waals surface area contributed by atoms with E-state index in [-0.39, 0.29) is 24.3 Å². The molecule has 11 nitrogen and oxygen atoms in total. The first-order chi connectivity index (χ1) is 13.7. The third-order valence-electron chi connectivity index (χ3n) is 4.63. The zero-order valence-electron chi connectivity index (χ0n) is 15.4. The molecular weight excluding hydrogens is 366 g/mol. The van der Waals surface area contributed by atoms with Crippen molar-refractivity contribution in [2.75, 3.05) is 18.5 Å². The van der Waals surface area contributed by atoms with Crippen molar-refractivity contribution < 1.29 is 19.2 Å². The van der Waals surface area contributed by atoms with Gasteiger partial charge in [-0.1, -0.05) is 5.16 Å². The molecule has 0 aromatic carbocycles. The Bertz CT molecular complexity index is 977. The maximum Gasteiger partial charge on any atom is 0.405 e. The maximum atomic E-state index is 10.7. The lowest BCUT2D eigenvalue weighted by molar-refractivity contribution is 0.0905. The molecule has 28 heavy (non-hydrogen) atoms. The molecule has 0 bridgehead atoms. The van der Waals surface area contributed by atoms with E-state index in [1.54, 1.807) is 12.4 Å². The van der Waals surface area contributed by atoms with Gasteiger partial charge in [0.1, 0.15) is 0 Å². The third kappa shape index (κ3) is 3.60. The average molecular weight is 387 g/mol. The smallest absolute Gasteiger partial charge is 0.405 e. The topological polar surface area (TPSA) is 140 Å². The van der Waals surface area contributed by atoms with Crippen molar-refractivity contribution in [3.05, 3.63) is 18.2 Å². The van der Waals surface area contributed by atoms with Gasteiger partial charge < -0.3 is 25.0 Å². The number of aryl methyl sites for hydroxylation is 1. The summed E-state index contributed by atoms with van der Waals surface area (Å²) in [5.41, 5.74) is 2.26. The van der Waals surface area contributed by atoms with Crippen LogP contribution in [0.25, 0.3) is 22.5 Å². The molecule has 11 heteroatoms. The number of nitrogens with zero attached hydrogens (tertiary/aromatic N) is 5. The summed E-state index contributed by atoms with van der Waals surface area (Å²) in [6.07, 6.45) is 4.09.